The van der Waals surface area contributed by atoms with Crippen molar-refractivity contribution in [3.63, 3.8) is 0 Å². The molecular weight excluding hydrogens is 455 g/mol. The van der Waals surface area contributed by atoms with Crippen molar-refractivity contribution in [1.82, 2.24) is 10.3 Å². The SMILES string of the molecule is CCC(C)[C@H](c1ccc(F)cc1C)[C@H](C)OC(=O)[C@H](C)NC(=O)c1nccc(OC)c1OC(C)=O. The highest BCUT2D eigenvalue weighted by Crippen LogP contribution is 2.34. The van der Waals surface area contributed by atoms with Crippen LogP contribution >= 0.6 is 0 Å². The normalized spacial score (nSPS) is 14.3. The number of nitrogens with zero attached hydrogens (tertiary/aromatic N) is 1. The number of esters is 2. The molecule has 0 saturated carbocycles. The van der Waals surface area contributed by atoms with E-state index in [-0.39, 0.29) is 34.8 Å². The number of halogens is 1. The quantitative estimate of drug-likeness (QED) is 0.496. The van der Waals surface area contributed by atoms with Gasteiger partial charge in [-0.2, -0.15) is 0 Å². The fourth-order valence-electron chi connectivity index (χ4n) is 3.97. The smallest absolute Gasteiger partial charge is 0.328 e. The maximum atomic E-state index is 13.7. The average Bonchev–Trinajstić information content (AvgIpc) is 2.79. The number of pyridine rings is 1. The van der Waals surface area contributed by atoms with E-state index in [0.29, 0.717) is 0 Å². The molecule has 0 aliphatic carbocycles. The van der Waals surface area contributed by atoms with Crippen LogP contribution < -0.4 is 14.8 Å². The van der Waals surface area contributed by atoms with Crippen LogP contribution in [0.3, 0.4) is 0 Å². The average molecular weight is 489 g/mol. The van der Waals surface area contributed by atoms with Gasteiger partial charge >= 0.3 is 11.9 Å². The lowest BCUT2D eigenvalue weighted by Crippen LogP contribution is -2.42. The largest absolute Gasteiger partial charge is 0.493 e. The van der Waals surface area contributed by atoms with Gasteiger partial charge in [0.25, 0.3) is 5.91 Å². The number of nitrogens with one attached hydrogen (secondary N) is 1. The lowest BCUT2D eigenvalue weighted by molar-refractivity contribution is -0.151. The van der Waals surface area contributed by atoms with Gasteiger partial charge in [0.1, 0.15) is 18.0 Å². The molecule has 1 aromatic heterocycles. The van der Waals surface area contributed by atoms with Crippen molar-refractivity contribution in [2.75, 3.05) is 7.11 Å². The Morgan fingerprint density at radius 1 is 1.14 bits per heavy atom. The van der Waals surface area contributed by atoms with Crippen LogP contribution in [0.1, 0.15) is 68.6 Å². The summed E-state index contributed by atoms with van der Waals surface area (Å²) in [6.07, 6.45) is 1.62. The summed E-state index contributed by atoms with van der Waals surface area (Å²) >= 11 is 0. The van der Waals surface area contributed by atoms with Gasteiger partial charge in [-0.3, -0.25) is 9.59 Å². The highest BCUT2D eigenvalue weighted by atomic mass is 19.1. The number of aryl methyl sites for hydroxylation is 1. The predicted octanol–water partition coefficient (Wildman–Crippen LogP) is 4.34. The van der Waals surface area contributed by atoms with Gasteiger partial charge in [0.15, 0.2) is 11.4 Å². The third kappa shape index (κ3) is 7.00. The molecule has 0 aliphatic rings. The highest BCUT2D eigenvalue weighted by molar-refractivity contribution is 5.98. The molecule has 1 heterocycles. The van der Waals surface area contributed by atoms with Crippen molar-refractivity contribution in [3.05, 3.63) is 53.1 Å². The first-order chi connectivity index (χ1) is 16.5. The molecule has 1 aromatic carbocycles. The Kier molecular flexibility index (Phi) is 9.74. The number of aromatic nitrogens is 1. The number of hydrogen-bond donors (Lipinski definition) is 1. The molecule has 4 atom stereocenters. The second kappa shape index (κ2) is 12.3. The number of benzene rings is 1. The molecule has 0 saturated heterocycles. The molecule has 1 unspecified atom stereocenters. The van der Waals surface area contributed by atoms with E-state index in [0.717, 1.165) is 17.5 Å². The summed E-state index contributed by atoms with van der Waals surface area (Å²) < 4.78 is 29.6. The lowest BCUT2D eigenvalue weighted by atomic mass is 9.80. The Bertz CT molecular complexity index is 1070. The van der Waals surface area contributed by atoms with Crippen LogP contribution in [0.4, 0.5) is 4.39 Å². The Hall–Kier alpha value is -3.49. The first kappa shape index (κ1) is 27.8. The molecule has 0 aliphatic heterocycles. The zero-order valence-electron chi connectivity index (χ0n) is 21.2. The summed E-state index contributed by atoms with van der Waals surface area (Å²) in [5.74, 6) is -2.36. The summed E-state index contributed by atoms with van der Waals surface area (Å²) in [4.78, 5) is 41.2. The number of amides is 1. The number of ether oxygens (including phenoxy) is 3. The van der Waals surface area contributed by atoms with Gasteiger partial charge in [0.05, 0.1) is 7.11 Å². The molecule has 1 N–H and O–H groups in total. The fraction of sp³-hybridized carbons (Fsp3) is 0.462. The van der Waals surface area contributed by atoms with Crippen molar-refractivity contribution in [1.29, 1.82) is 0 Å². The van der Waals surface area contributed by atoms with Gasteiger partial charge in [-0.15, -0.1) is 0 Å². The zero-order chi connectivity index (χ0) is 26.3. The molecule has 2 rings (SSSR count). The monoisotopic (exact) mass is 488 g/mol. The van der Waals surface area contributed by atoms with E-state index in [1.807, 2.05) is 20.8 Å². The minimum absolute atomic E-state index is 0.141. The minimum atomic E-state index is -1.02. The van der Waals surface area contributed by atoms with Gasteiger partial charge in [0, 0.05) is 25.1 Å². The Labute approximate surface area is 205 Å². The summed E-state index contributed by atoms with van der Waals surface area (Å²) in [6, 6.07) is 5.01. The molecule has 8 nitrogen and oxygen atoms in total. The van der Waals surface area contributed by atoms with Gasteiger partial charge < -0.3 is 19.5 Å². The van der Waals surface area contributed by atoms with E-state index in [9.17, 15) is 18.8 Å². The van der Waals surface area contributed by atoms with Crippen LogP contribution in [0.15, 0.2) is 30.5 Å². The van der Waals surface area contributed by atoms with E-state index in [4.69, 9.17) is 14.2 Å². The van der Waals surface area contributed by atoms with Crippen molar-refractivity contribution in [2.24, 2.45) is 5.92 Å². The van der Waals surface area contributed by atoms with E-state index in [1.54, 1.807) is 13.0 Å². The number of carbonyl (C=O) groups excluding carboxylic acids is 3. The summed E-state index contributed by atoms with van der Waals surface area (Å²) in [6.45, 7) is 10.4. The Balaban J connectivity index is 2.19. The molecule has 1 amide bonds. The van der Waals surface area contributed by atoms with Crippen LogP contribution in [0.5, 0.6) is 11.5 Å². The second-order valence-corrected chi connectivity index (χ2v) is 8.53. The number of rotatable bonds is 10. The standard InChI is InChI=1S/C26H33FN2O6/c1-8-14(2)22(20-10-9-19(27)13-15(20)3)17(5)34-26(32)16(4)29-25(31)23-24(35-18(6)30)21(33-7)11-12-28-23/h9-14,16-17,22H,8H2,1-7H3,(H,29,31)/t14?,16-,17-,22-/m0/s1. The molecule has 35 heavy (non-hydrogen) atoms. The van der Waals surface area contributed by atoms with Gasteiger partial charge in [-0.1, -0.05) is 26.3 Å². The number of methoxy groups -OCH3 is 1. The molecule has 9 heteroatoms. The fourth-order valence-corrected chi connectivity index (χ4v) is 3.97. The third-order valence-electron chi connectivity index (χ3n) is 5.91. The van der Waals surface area contributed by atoms with E-state index in [1.165, 1.54) is 45.4 Å². The van der Waals surface area contributed by atoms with Crippen LogP contribution in [-0.2, 0) is 14.3 Å². The maximum absolute atomic E-state index is 13.7. The maximum Gasteiger partial charge on any atom is 0.328 e. The van der Waals surface area contributed by atoms with Crippen molar-refractivity contribution < 1.29 is 33.0 Å². The molecule has 0 radical (unpaired) electrons. The summed E-state index contributed by atoms with van der Waals surface area (Å²) in [5.41, 5.74) is 1.48. The molecule has 190 valence electrons. The summed E-state index contributed by atoms with van der Waals surface area (Å²) in [7, 11) is 1.36. The van der Waals surface area contributed by atoms with Gasteiger partial charge in [0.2, 0.25) is 5.75 Å². The Morgan fingerprint density at radius 2 is 1.83 bits per heavy atom. The molecule has 0 fully saturated rings. The topological polar surface area (TPSA) is 104 Å². The summed E-state index contributed by atoms with van der Waals surface area (Å²) in [5, 5.41) is 2.53. The van der Waals surface area contributed by atoms with Crippen molar-refractivity contribution >= 4 is 17.8 Å². The third-order valence-corrected chi connectivity index (χ3v) is 5.91. The van der Waals surface area contributed by atoms with E-state index < -0.39 is 30.0 Å². The predicted molar refractivity (Wildman–Crippen MR) is 128 cm³/mol. The van der Waals surface area contributed by atoms with Crippen LogP contribution in [-0.4, -0.2) is 42.1 Å². The molecular formula is C26H33FN2O6. The van der Waals surface area contributed by atoms with E-state index >= 15 is 0 Å². The second-order valence-electron chi connectivity index (χ2n) is 8.53. The molecule has 0 spiro atoms. The Morgan fingerprint density at radius 3 is 2.40 bits per heavy atom. The first-order valence-corrected chi connectivity index (χ1v) is 11.5. The van der Waals surface area contributed by atoms with Crippen molar-refractivity contribution in [3.8, 4) is 11.5 Å². The van der Waals surface area contributed by atoms with E-state index in [2.05, 4.69) is 10.3 Å². The highest BCUT2D eigenvalue weighted by Gasteiger charge is 2.31. The van der Waals surface area contributed by atoms with Crippen LogP contribution in [0.2, 0.25) is 0 Å². The van der Waals surface area contributed by atoms with Gasteiger partial charge in [-0.05, 0) is 49.9 Å². The number of hydrogen-bond acceptors (Lipinski definition) is 7. The van der Waals surface area contributed by atoms with Crippen molar-refractivity contribution in [2.45, 2.75) is 66.0 Å². The minimum Gasteiger partial charge on any atom is -0.493 e. The molecule has 0 bridgehead atoms. The first-order valence-electron chi connectivity index (χ1n) is 11.5. The lowest BCUT2D eigenvalue weighted by Gasteiger charge is -2.31. The van der Waals surface area contributed by atoms with Crippen LogP contribution in [0, 0.1) is 18.7 Å². The van der Waals surface area contributed by atoms with Gasteiger partial charge in [-0.25, -0.2) is 14.2 Å². The molecule has 2 aromatic rings. The van der Waals surface area contributed by atoms with Crippen LogP contribution in [0.25, 0.3) is 0 Å². The number of carbonyl (C=O) groups is 3. The zero-order valence-corrected chi connectivity index (χ0v) is 21.2.